The fourth-order valence-electron chi connectivity index (χ4n) is 3.26. The Kier molecular flexibility index (Phi) is 4.52. The summed E-state index contributed by atoms with van der Waals surface area (Å²) in [5.41, 5.74) is -1.28. The second-order valence-electron chi connectivity index (χ2n) is 6.20. The Hall–Kier alpha value is -3.76. The smallest absolute Gasteiger partial charge is 0.280 e. The lowest BCUT2D eigenvalue weighted by Crippen LogP contribution is -2.04. The minimum Gasteiger partial charge on any atom is -0.494 e. The predicted octanol–water partition coefficient (Wildman–Crippen LogP) is 4.50. The van der Waals surface area contributed by atoms with Gasteiger partial charge in [-0.05, 0) is 24.3 Å². The summed E-state index contributed by atoms with van der Waals surface area (Å²) in [5, 5.41) is 33.5. The molecule has 1 aromatic heterocycles. The van der Waals surface area contributed by atoms with Gasteiger partial charge in [0.25, 0.3) is 17.3 Å². The number of aromatic nitrogens is 1. The summed E-state index contributed by atoms with van der Waals surface area (Å²) in [4.78, 5) is 40.5. The Morgan fingerprint density at radius 2 is 1.43 bits per heavy atom. The molecule has 0 atom stereocenters. The molecule has 2 aromatic carbocycles. The molecule has 12 heteroatoms. The lowest BCUT2D eigenvalue weighted by atomic mass is 9.98. The van der Waals surface area contributed by atoms with E-state index in [1.807, 2.05) is 0 Å². The Labute approximate surface area is 176 Å². The van der Waals surface area contributed by atoms with Crippen molar-refractivity contribution in [3.8, 4) is 17.1 Å². The third-order valence-corrected chi connectivity index (χ3v) is 4.95. The number of hydrogen-bond donors (Lipinski definition) is 2. The topological polar surface area (TPSA) is 152 Å². The number of halogens is 2. The molecule has 2 N–H and O–H groups in total. The van der Waals surface area contributed by atoms with Gasteiger partial charge >= 0.3 is 0 Å². The molecule has 10 nitrogen and oxygen atoms in total. The highest BCUT2D eigenvalue weighted by Crippen LogP contribution is 2.42. The highest BCUT2D eigenvalue weighted by atomic mass is 35.5. The molecule has 1 amide bonds. The number of nitro groups is 2. The first-order valence-electron chi connectivity index (χ1n) is 8.16. The Balaban J connectivity index is 1.96. The van der Waals surface area contributed by atoms with Crippen LogP contribution in [0.15, 0.2) is 41.4 Å². The van der Waals surface area contributed by atoms with E-state index in [-0.39, 0.29) is 43.7 Å². The maximum absolute atomic E-state index is 12.6. The molecule has 0 spiro atoms. The maximum atomic E-state index is 12.6. The Morgan fingerprint density at radius 1 is 0.900 bits per heavy atom. The van der Waals surface area contributed by atoms with Crippen molar-refractivity contribution in [1.29, 1.82) is 0 Å². The predicted molar refractivity (Wildman–Crippen MR) is 108 cm³/mol. The first-order chi connectivity index (χ1) is 14.2. The van der Waals surface area contributed by atoms with Gasteiger partial charge in [-0.1, -0.05) is 23.2 Å². The van der Waals surface area contributed by atoms with Crippen molar-refractivity contribution in [2.24, 2.45) is 4.99 Å². The van der Waals surface area contributed by atoms with Crippen LogP contribution in [0.4, 0.5) is 11.4 Å². The molecular formula is C18H8Cl2N4O6. The zero-order chi connectivity index (χ0) is 21.7. The van der Waals surface area contributed by atoms with Gasteiger partial charge in [-0.3, -0.25) is 25.0 Å². The van der Waals surface area contributed by atoms with E-state index in [2.05, 4.69) is 9.98 Å². The number of H-pyrrole nitrogens is 1. The molecule has 4 rings (SSSR count). The summed E-state index contributed by atoms with van der Waals surface area (Å²) in [6, 6.07) is 7.59. The lowest BCUT2D eigenvalue weighted by molar-refractivity contribution is -0.385. The number of carbonyl (C=O) groups is 1. The van der Waals surface area contributed by atoms with E-state index in [1.54, 1.807) is 0 Å². The van der Waals surface area contributed by atoms with Gasteiger partial charge in [0.1, 0.15) is 0 Å². The molecule has 0 unspecified atom stereocenters. The summed E-state index contributed by atoms with van der Waals surface area (Å²) < 4.78 is 0. The van der Waals surface area contributed by atoms with Gasteiger partial charge in [0.15, 0.2) is 5.88 Å². The number of aliphatic imine (C=N–C) groups is 1. The number of hydrogen-bond acceptors (Lipinski definition) is 6. The number of nitrogens with one attached hydrogen (secondary N) is 1. The number of carbonyl (C=O) groups excluding carboxylic acids is 1. The van der Waals surface area contributed by atoms with Crippen LogP contribution >= 0.6 is 23.2 Å². The molecule has 0 bridgehead atoms. The van der Waals surface area contributed by atoms with Crippen molar-refractivity contribution in [2.45, 2.75) is 0 Å². The summed E-state index contributed by atoms with van der Waals surface area (Å²) in [6.45, 7) is 0. The highest BCUT2D eigenvalue weighted by Gasteiger charge is 2.37. The number of aromatic amines is 1. The molecule has 0 fully saturated rings. The fraction of sp³-hybridized carbons (Fsp3) is 0. The molecular weight excluding hydrogens is 439 g/mol. The largest absolute Gasteiger partial charge is 0.494 e. The third-order valence-electron chi connectivity index (χ3n) is 4.48. The molecule has 0 saturated carbocycles. The van der Waals surface area contributed by atoms with Gasteiger partial charge in [-0.25, -0.2) is 4.99 Å². The second kappa shape index (κ2) is 6.94. The molecule has 2 heterocycles. The van der Waals surface area contributed by atoms with Crippen molar-refractivity contribution in [3.63, 3.8) is 0 Å². The van der Waals surface area contributed by atoms with E-state index >= 15 is 0 Å². The van der Waals surface area contributed by atoms with Gasteiger partial charge in [-0.2, -0.15) is 0 Å². The monoisotopic (exact) mass is 446 g/mol. The van der Waals surface area contributed by atoms with Crippen LogP contribution in [-0.2, 0) is 0 Å². The quantitative estimate of drug-likeness (QED) is 0.444. The Morgan fingerprint density at radius 3 is 2.00 bits per heavy atom. The minimum atomic E-state index is -0.819. The number of benzene rings is 2. The summed E-state index contributed by atoms with van der Waals surface area (Å²) in [7, 11) is 0. The van der Waals surface area contributed by atoms with Crippen LogP contribution in [-0.4, -0.2) is 31.6 Å². The van der Waals surface area contributed by atoms with E-state index in [9.17, 15) is 30.1 Å². The number of rotatable bonds is 4. The molecule has 0 aliphatic carbocycles. The van der Waals surface area contributed by atoms with Gasteiger partial charge < -0.3 is 10.1 Å². The third kappa shape index (κ3) is 2.98. The molecule has 30 heavy (non-hydrogen) atoms. The van der Waals surface area contributed by atoms with Crippen LogP contribution in [0.5, 0.6) is 5.88 Å². The van der Waals surface area contributed by atoms with Crippen LogP contribution in [0.3, 0.4) is 0 Å². The maximum Gasteiger partial charge on any atom is 0.280 e. The highest BCUT2D eigenvalue weighted by molar-refractivity contribution is 6.33. The zero-order valence-corrected chi connectivity index (χ0v) is 16.1. The summed E-state index contributed by atoms with van der Waals surface area (Å²) in [6.07, 6.45) is 0. The minimum absolute atomic E-state index is 0.00337. The summed E-state index contributed by atoms with van der Waals surface area (Å²) in [5.74, 6) is -1.34. The van der Waals surface area contributed by atoms with Gasteiger partial charge in [-0.15, -0.1) is 0 Å². The molecule has 0 saturated heterocycles. The van der Waals surface area contributed by atoms with Gasteiger partial charge in [0.05, 0.1) is 43.5 Å². The molecule has 150 valence electrons. The van der Waals surface area contributed by atoms with Gasteiger partial charge in [0, 0.05) is 22.2 Å². The van der Waals surface area contributed by atoms with Gasteiger partial charge in [0.2, 0.25) is 0 Å². The van der Waals surface area contributed by atoms with E-state index < -0.39 is 33.0 Å². The van der Waals surface area contributed by atoms with Crippen LogP contribution in [0.2, 0.25) is 10.0 Å². The van der Waals surface area contributed by atoms with Crippen LogP contribution < -0.4 is 0 Å². The van der Waals surface area contributed by atoms with Crippen molar-refractivity contribution in [3.05, 3.63) is 83.4 Å². The number of nitrogens with zero attached hydrogens (tertiary/aromatic N) is 3. The molecule has 1 aliphatic rings. The SMILES string of the molecule is O=C1N=C(c2ccc(Cl)cc2[N+](=O)[O-])c2c(O)[nH]c(-c3ccc(Cl)cc3[N+](=O)[O-])c21. The average Bonchev–Trinajstić information content (AvgIpc) is 3.20. The fourth-order valence-corrected chi connectivity index (χ4v) is 3.60. The number of fused-ring (bicyclic) bond motifs is 1. The number of nitro benzene ring substituents is 2. The van der Waals surface area contributed by atoms with E-state index in [1.165, 1.54) is 24.3 Å². The van der Waals surface area contributed by atoms with E-state index in [0.717, 1.165) is 12.1 Å². The average molecular weight is 447 g/mol. The lowest BCUT2D eigenvalue weighted by Gasteiger charge is -2.03. The van der Waals surface area contributed by atoms with Crippen molar-refractivity contribution in [1.82, 2.24) is 4.98 Å². The zero-order valence-electron chi connectivity index (χ0n) is 14.6. The van der Waals surface area contributed by atoms with Crippen molar-refractivity contribution in [2.75, 3.05) is 0 Å². The summed E-state index contributed by atoms with van der Waals surface area (Å²) >= 11 is 11.7. The molecule has 1 aliphatic heterocycles. The van der Waals surface area contributed by atoms with Crippen LogP contribution in [0, 0.1) is 20.2 Å². The second-order valence-corrected chi connectivity index (χ2v) is 7.07. The molecule has 0 radical (unpaired) electrons. The normalized spacial score (nSPS) is 12.6. The number of aromatic hydroxyl groups is 1. The van der Waals surface area contributed by atoms with Crippen molar-refractivity contribution < 1.29 is 19.7 Å². The van der Waals surface area contributed by atoms with E-state index in [4.69, 9.17) is 23.2 Å². The van der Waals surface area contributed by atoms with E-state index in [0.29, 0.717) is 0 Å². The van der Waals surface area contributed by atoms with Crippen LogP contribution in [0.1, 0.15) is 21.5 Å². The molecule has 3 aromatic rings. The Bertz CT molecular complexity index is 1310. The van der Waals surface area contributed by atoms with Crippen LogP contribution in [0.25, 0.3) is 11.3 Å². The first kappa shape index (κ1) is 19.6. The standard InChI is InChI=1S/C18H8Cl2N4O6/c19-7-1-3-9(11(5-7)23(27)28)15-13-14(18(26)21-15)16(22-17(13)25)10-4-2-8(20)6-12(10)24(29)30/h1-6,21,26H. The van der Waals surface area contributed by atoms with Crippen molar-refractivity contribution >= 4 is 46.2 Å². The first-order valence-corrected chi connectivity index (χ1v) is 8.91. The number of amides is 1.